The van der Waals surface area contributed by atoms with E-state index >= 15 is 0 Å². The number of nitrogens with zero attached hydrogens (tertiary/aromatic N) is 1. The lowest BCUT2D eigenvalue weighted by atomic mass is 9.83. The van der Waals surface area contributed by atoms with Crippen LogP contribution in [0, 0.1) is 17.0 Å². The van der Waals surface area contributed by atoms with E-state index in [-0.39, 0.29) is 23.8 Å². The summed E-state index contributed by atoms with van der Waals surface area (Å²) in [4.78, 5) is 23.7. The summed E-state index contributed by atoms with van der Waals surface area (Å²) < 4.78 is 40.9. The number of aryl methyl sites for hydroxylation is 1. The van der Waals surface area contributed by atoms with Crippen molar-refractivity contribution in [3.63, 3.8) is 0 Å². The zero-order chi connectivity index (χ0) is 23.4. The second kappa shape index (κ2) is 7.75. The average Bonchev–Trinajstić information content (AvgIpc) is 3.37. The van der Waals surface area contributed by atoms with E-state index in [1.54, 1.807) is 13.0 Å². The molecule has 3 aliphatic heterocycles. The summed E-state index contributed by atoms with van der Waals surface area (Å²) in [5.41, 5.74) is -0.0233. The van der Waals surface area contributed by atoms with E-state index in [2.05, 4.69) is 4.72 Å². The number of rotatable bonds is 5. The van der Waals surface area contributed by atoms with Gasteiger partial charge in [0.1, 0.15) is 10.9 Å². The predicted octanol–water partition coefficient (Wildman–Crippen LogP) is 2.44. The van der Waals surface area contributed by atoms with Gasteiger partial charge in [0.05, 0.1) is 22.6 Å². The zero-order valence-corrected chi connectivity index (χ0v) is 18.5. The highest BCUT2D eigenvalue weighted by Crippen LogP contribution is 2.48. The number of nitro groups is 1. The van der Waals surface area contributed by atoms with Gasteiger partial charge in [0.25, 0.3) is 5.69 Å². The first-order chi connectivity index (χ1) is 15.7. The van der Waals surface area contributed by atoms with Crippen LogP contribution >= 0.6 is 0 Å². The highest BCUT2D eigenvalue weighted by molar-refractivity contribution is 7.90. The number of esters is 1. The third kappa shape index (κ3) is 3.64. The zero-order valence-electron chi connectivity index (χ0n) is 17.7. The molecule has 172 valence electrons. The normalized spacial score (nSPS) is 31.2. The molecule has 0 amide bonds. The molecular formula is C23H22N2O7S. The van der Waals surface area contributed by atoms with Gasteiger partial charge in [-0.05, 0) is 43.5 Å². The average molecular weight is 471 g/mol. The first kappa shape index (κ1) is 21.7. The SMILES string of the molecule is Cc1cc(C(=O)OC2C(Cc3ccccc3)NS(=O)(=O)C3CC4C=C[C@]23O4)ccc1[N+](=O)[O-]. The molecule has 10 heteroatoms. The van der Waals surface area contributed by atoms with Crippen molar-refractivity contribution in [2.45, 2.75) is 48.9 Å². The lowest BCUT2D eigenvalue weighted by Gasteiger charge is -2.45. The molecule has 0 aliphatic carbocycles. The van der Waals surface area contributed by atoms with Crippen LogP contribution in [0.25, 0.3) is 0 Å². The first-order valence-corrected chi connectivity index (χ1v) is 12.1. The third-order valence-corrected chi connectivity index (χ3v) is 8.48. The largest absolute Gasteiger partial charge is 0.454 e. The molecule has 33 heavy (non-hydrogen) atoms. The number of fused-ring (bicyclic) bond motifs is 1. The van der Waals surface area contributed by atoms with Gasteiger partial charge in [-0.2, -0.15) is 0 Å². The van der Waals surface area contributed by atoms with E-state index in [9.17, 15) is 23.3 Å². The van der Waals surface area contributed by atoms with E-state index in [1.807, 2.05) is 36.4 Å². The summed E-state index contributed by atoms with van der Waals surface area (Å²) in [6, 6.07) is 12.6. The van der Waals surface area contributed by atoms with Crippen LogP contribution in [0.15, 0.2) is 60.7 Å². The maximum Gasteiger partial charge on any atom is 0.338 e. The Morgan fingerprint density at radius 2 is 2.03 bits per heavy atom. The Hall–Kier alpha value is -3.08. The molecule has 1 spiro atoms. The number of hydrogen-bond donors (Lipinski definition) is 1. The Morgan fingerprint density at radius 3 is 2.70 bits per heavy atom. The minimum absolute atomic E-state index is 0.0988. The number of sulfonamides is 1. The summed E-state index contributed by atoms with van der Waals surface area (Å²) in [7, 11) is -3.72. The van der Waals surface area contributed by atoms with Gasteiger partial charge >= 0.3 is 5.97 Å². The molecule has 4 unspecified atom stereocenters. The molecule has 5 atom stereocenters. The molecule has 2 aromatic rings. The fourth-order valence-corrected chi connectivity index (χ4v) is 7.04. The second-order valence-corrected chi connectivity index (χ2v) is 10.5. The van der Waals surface area contributed by atoms with Crippen molar-refractivity contribution < 1.29 is 27.6 Å². The number of carbonyl (C=O) groups excluding carboxylic acids is 1. The van der Waals surface area contributed by atoms with Crippen LogP contribution in [0.3, 0.4) is 0 Å². The molecule has 5 rings (SSSR count). The Kier molecular flexibility index (Phi) is 5.11. The van der Waals surface area contributed by atoms with E-state index in [4.69, 9.17) is 9.47 Å². The van der Waals surface area contributed by atoms with Crippen molar-refractivity contribution in [2.24, 2.45) is 0 Å². The first-order valence-electron chi connectivity index (χ1n) is 10.6. The monoisotopic (exact) mass is 470 g/mol. The number of carbonyl (C=O) groups is 1. The maximum absolute atomic E-state index is 13.1. The predicted molar refractivity (Wildman–Crippen MR) is 118 cm³/mol. The minimum atomic E-state index is -3.72. The van der Waals surface area contributed by atoms with Crippen LogP contribution in [-0.2, 0) is 25.9 Å². The van der Waals surface area contributed by atoms with Crippen molar-refractivity contribution in [3.8, 4) is 0 Å². The van der Waals surface area contributed by atoms with Crippen molar-refractivity contribution in [3.05, 3.63) is 87.5 Å². The van der Waals surface area contributed by atoms with Gasteiger partial charge in [-0.15, -0.1) is 0 Å². The van der Waals surface area contributed by atoms with Crippen LogP contribution in [0.4, 0.5) is 5.69 Å². The quantitative estimate of drug-likeness (QED) is 0.308. The Bertz CT molecular complexity index is 1260. The topological polar surface area (TPSA) is 125 Å². The molecule has 9 nitrogen and oxygen atoms in total. The second-order valence-electron chi connectivity index (χ2n) is 8.64. The third-order valence-electron chi connectivity index (χ3n) is 6.54. The molecule has 0 saturated carbocycles. The van der Waals surface area contributed by atoms with Gasteiger partial charge in [0, 0.05) is 11.6 Å². The molecule has 2 aromatic carbocycles. The van der Waals surface area contributed by atoms with Crippen molar-refractivity contribution in [1.82, 2.24) is 4.72 Å². The smallest absolute Gasteiger partial charge is 0.338 e. The molecule has 2 bridgehead atoms. The summed E-state index contributed by atoms with van der Waals surface area (Å²) in [5.74, 6) is -0.697. The van der Waals surface area contributed by atoms with Gasteiger partial charge in [0.15, 0.2) is 6.10 Å². The number of benzene rings is 2. The molecule has 0 aromatic heterocycles. The Labute approximate surface area is 190 Å². The van der Waals surface area contributed by atoms with E-state index in [0.29, 0.717) is 12.0 Å². The van der Waals surface area contributed by atoms with Gasteiger partial charge in [0.2, 0.25) is 10.0 Å². The number of hydrogen-bond acceptors (Lipinski definition) is 7. The number of nitro benzene ring substituents is 1. The van der Waals surface area contributed by atoms with Crippen molar-refractivity contribution in [1.29, 1.82) is 0 Å². The molecule has 3 heterocycles. The summed E-state index contributed by atoms with van der Waals surface area (Å²) in [5, 5.41) is 10.2. The Balaban J connectivity index is 1.50. The van der Waals surface area contributed by atoms with Crippen LogP contribution in [-0.4, -0.2) is 48.4 Å². The molecule has 1 N–H and O–H groups in total. The van der Waals surface area contributed by atoms with E-state index < -0.39 is 43.9 Å². The van der Waals surface area contributed by atoms with E-state index in [1.165, 1.54) is 18.2 Å². The standard InChI is InChI=1S/C23H22N2O7S/c1-14-11-16(7-8-19(14)25(27)28)22(26)31-21-18(12-15-5-3-2-4-6-15)24-33(29,30)20-13-17-9-10-23(20,21)32-17/h2-11,17-18,20-21,24H,12-13H2,1H3/t17?,18?,20?,21?,23-/m1/s1. The molecule has 3 aliphatic rings. The number of nitrogens with one attached hydrogen (secondary N) is 1. The van der Waals surface area contributed by atoms with Crippen LogP contribution in [0.1, 0.15) is 27.9 Å². The van der Waals surface area contributed by atoms with Gasteiger partial charge in [-0.25, -0.2) is 17.9 Å². The van der Waals surface area contributed by atoms with Gasteiger partial charge in [-0.3, -0.25) is 10.1 Å². The van der Waals surface area contributed by atoms with E-state index in [0.717, 1.165) is 5.56 Å². The van der Waals surface area contributed by atoms with Gasteiger partial charge in [-0.1, -0.05) is 36.4 Å². The summed E-state index contributed by atoms with van der Waals surface area (Å²) in [6.45, 7) is 1.54. The minimum Gasteiger partial charge on any atom is -0.454 e. The highest BCUT2D eigenvalue weighted by atomic mass is 32.2. The highest BCUT2D eigenvalue weighted by Gasteiger charge is 2.66. The molecule has 0 radical (unpaired) electrons. The van der Waals surface area contributed by atoms with Crippen molar-refractivity contribution >= 4 is 21.7 Å². The van der Waals surface area contributed by atoms with Crippen LogP contribution in [0.2, 0.25) is 0 Å². The number of ether oxygens (including phenoxy) is 2. The molecule has 2 saturated heterocycles. The molecular weight excluding hydrogens is 448 g/mol. The Morgan fingerprint density at radius 1 is 1.27 bits per heavy atom. The maximum atomic E-state index is 13.1. The lowest BCUT2D eigenvalue weighted by molar-refractivity contribution is -0.385. The summed E-state index contributed by atoms with van der Waals surface area (Å²) >= 11 is 0. The fraction of sp³-hybridized carbons (Fsp3) is 0.348. The molecule has 2 fully saturated rings. The lowest BCUT2D eigenvalue weighted by Crippen LogP contribution is -2.68. The summed E-state index contributed by atoms with van der Waals surface area (Å²) in [6.07, 6.45) is 2.83. The van der Waals surface area contributed by atoms with Gasteiger partial charge < -0.3 is 9.47 Å². The van der Waals surface area contributed by atoms with Crippen LogP contribution < -0.4 is 4.72 Å². The van der Waals surface area contributed by atoms with Crippen molar-refractivity contribution in [2.75, 3.05) is 0 Å². The fourth-order valence-electron chi connectivity index (χ4n) is 5.05. The van der Waals surface area contributed by atoms with Crippen LogP contribution in [0.5, 0.6) is 0 Å².